The minimum atomic E-state index is -0.636. The van der Waals surface area contributed by atoms with E-state index in [2.05, 4.69) is 11.4 Å². The van der Waals surface area contributed by atoms with Gasteiger partial charge in [0.25, 0.3) is 5.91 Å². The number of nitrogens with zero attached hydrogens (tertiary/aromatic N) is 1. The van der Waals surface area contributed by atoms with Crippen LogP contribution in [0.2, 0.25) is 0 Å². The lowest BCUT2D eigenvalue weighted by atomic mass is 10.0. The number of hydrogen-bond acceptors (Lipinski definition) is 3. The standard InChI is InChI=1S/C31H36N2O3/c1-23-15-17-28(18-16-23)36-22-30(34)33(21-26-12-8-9-24(2)19-26)29(20-25-10-4-3-5-11-25)31(35)32-27-13-6-7-14-27/h3-5,8-12,15-19,27,29H,6-7,13-14,20-22H2,1-2H3,(H,32,35)/t29-/m0/s1. The molecule has 0 unspecified atom stereocenters. The normalized spacial score (nSPS) is 14.3. The molecule has 1 fully saturated rings. The summed E-state index contributed by atoms with van der Waals surface area (Å²) in [6.45, 7) is 4.25. The van der Waals surface area contributed by atoms with Crippen LogP contribution in [0.5, 0.6) is 5.75 Å². The maximum absolute atomic E-state index is 13.7. The summed E-state index contributed by atoms with van der Waals surface area (Å²) in [6, 6.07) is 25.2. The zero-order valence-corrected chi connectivity index (χ0v) is 21.3. The van der Waals surface area contributed by atoms with Gasteiger partial charge < -0.3 is 15.0 Å². The number of nitrogens with one attached hydrogen (secondary N) is 1. The third-order valence-corrected chi connectivity index (χ3v) is 6.79. The number of rotatable bonds is 10. The number of amides is 2. The van der Waals surface area contributed by atoms with Crippen LogP contribution >= 0.6 is 0 Å². The molecule has 36 heavy (non-hydrogen) atoms. The van der Waals surface area contributed by atoms with Crippen molar-refractivity contribution in [3.8, 4) is 5.75 Å². The van der Waals surface area contributed by atoms with Gasteiger partial charge in [0, 0.05) is 19.0 Å². The molecule has 0 aromatic heterocycles. The minimum Gasteiger partial charge on any atom is -0.484 e. The average Bonchev–Trinajstić information content (AvgIpc) is 3.39. The molecule has 2 amide bonds. The van der Waals surface area contributed by atoms with Crippen LogP contribution in [0.3, 0.4) is 0 Å². The monoisotopic (exact) mass is 484 g/mol. The van der Waals surface area contributed by atoms with Crippen LogP contribution in [0.25, 0.3) is 0 Å². The van der Waals surface area contributed by atoms with Crippen molar-refractivity contribution in [2.75, 3.05) is 6.61 Å². The van der Waals surface area contributed by atoms with Crippen molar-refractivity contribution in [3.63, 3.8) is 0 Å². The van der Waals surface area contributed by atoms with Crippen molar-refractivity contribution in [2.24, 2.45) is 0 Å². The van der Waals surface area contributed by atoms with Gasteiger partial charge >= 0.3 is 0 Å². The number of aryl methyl sites for hydroxylation is 2. The van der Waals surface area contributed by atoms with E-state index in [4.69, 9.17) is 4.74 Å². The second-order valence-electron chi connectivity index (χ2n) is 9.81. The maximum atomic E-state index is 13.7. The predicted octanol–water partition coefficient (Wildman–Crippen LogP) is 5.38. The van der Waals surface area contributed by atoms with E-state index in [9.17, 15) is 9.59 Å². The molecule has 5 heteroatoms. The van der Waals surface area contributed by atoms with Crippen molar-refractivity contribution in [1.29, 1.82) is 0 Å². The zero-order chi connectivity index (χ0) is 25.3. The Morgan fingerprint density at radius 3 is 2.28 bits per heavy atom. The van der Waals surface area contributed by atoms with E-state index in [0.29, 0.717) is 18.7 Å². The molecular formula is C31H36N2O3. The number of ether oxygens (including phenoxy) is 1. The number of carbonyl (C=O) groups is 2. The summed E-state index contributed by atoms with van der Waals surface area (Å²) < 4.78 is 5.86. The summed E-state index contributed by atoms with van der Waals surface area (Å²) in [7, 11) is 0. The molecule has 1 aliphatic carbocycles. The fraction of sp³-hybridized carbons (Fsp3) is 0.355. The summed E-state index contributed by atoms with van der Waals surface area (Å²) in [4.78, 5) is 29.0. The van der Waals surface area contributed by atoms with E-state index in [1.807, 2.05) is 86.6 Å². The largest absolute Gasteiger partial charge is 0.484 e. The fourth-order valence-electron chi connectivity index (χ4n) is 4.79. The van der Waals surface area contributed by atoms with Crippen LogP contribution in [0.15, 0.2) is 78.9 Å². The van der Waals surface area contributed by atoms with Crippen LogP contribution in [-0.2, 0) is 22.6 Å². The van der Waals surface area contributed by atoms with Gasteiger partial charge in [-0.05, 0) is 49.9 Å². The molecule has 188 valence electrons. The Balaban J connectivity index is 1.60. The molecule has 1 N–H and O–H groups in total. The Kier molecular flexibility index (Phi) is 8.77. The van der Waals surface area contributed by atoms with Gasteiger partial charge in [0.15, 0.2) is 6.61 Å². The fourth-order valence-corrected chi connectivity index (χ4v) is 4.79. The van der Waals surface area contributed by atoms with Crippen LogP contribution in [0.1, 0.15) is 47.9 Å². The maximum Gasteiger partial charge on any atom is 0.261 e. The van der Waals surface area contributed by atoms with Crippen LogP contribution in [-0.4, -0.2) is 35.4 Å². The molecule has 1 aliphatic rings. The Bertz CT molecular complexity index is 1140. The van der Waals surface area contributed by atoms with E-state index in [1.54, 1.807) is 4.90 Å². The minimum absolute atomic E-state index is 0.0953. The molecule has 3 aromatic rings. The molecule has 4 rings (SSSR count). The van der Waals surface area contributed by atoms with E-state index < -0.39 is 6.04 Å². The van der Waals surface area contributed by atoms with Gasteiger partial charge in [-0.25, -0.2) is 0 Å². The molecule has 1 atom stereocenters. The lowest BCUT2D eigenvalue weighted by Crippen LogP contribution is -2.53. The third-order valence-electron chi connectivity index (χ3n) is 6.79. The highest BCUT2D eigenvalue weighted by Crippen LogP contribution is 2.21. The van der Waals surface area contributed by atoms with Gasteiger partial charge in [0.2, 0.25) is 5.91 Å². The number of benzene rings is 3. The lowest BCUT2D eigenvalue weighted by molar-refractivity contribution is -0.143. The molecule has 5 nitrogen and oxygen atoms in total. The van der Waals surface area contributed by atoms with Crippen LogP contribution in [0, 0.1) is 13.8 Å². The summed E-state index contributed by atoms with van der Waals surface area (Å²) in [5.74, 6) is 0.334. The van der Waals surface area contributed by atoms with Gasteiger partial charge in [-0.1, -0.05) is 90.7 Å². The summed E-state index contributed by atoms with van der Waals surface area (Å²) in [6.07, 6.45) is 4.69. The first-order chi connectivity index (χ1) is 17.5. The van der Waals surface area contributed by atoms with Crippen molar-refractivity contribution < 1.29 is 14.3 Å². The second kappa shape index (κ2) is 12.4. The average molecular weight is 485 g/mol. The summed E-state index contributed by atoms with van der Waals surface area (Å²) in [5, 5.41) is 3.24. The molecule has 3 aromatic carbocycles. The first-order valence-corrected chi connectivity index (χ1v) is 12.9. The van der Waals surface area contributed by atoms with E-state index in [1.165, 1.54) is 0 Å². The van der Waals surface area contributed by atoms with Crippen molar-refractivity contribution >= 4 is 11.8 Å². The Morgan fingerprint density at radius 2 is 1.58 bits per heavy atom. The van der Waals surface area contributed by atoms with Gasteiger partial charge in [-0.3, -0.25) is 9.59 Å². The SMILES string of the molecule is Cc1ccc(OCC(=O)N(Cc2cccc(C)c2)[C@@H](Cc2ccccc2)C(=O)NC2CCCC2)cc1. The molecule has 0 heterocycles. The van der Waals surface area contributed by atoms with Crippen molar-refractivity contribution in [2.45, 2.75) is 64.6 Å². The van der Waals surface area contributed by atoms with Crippen molar-refractivity contribution in [1.82, 2.24) is 10.2 Å². The second-order valence-corrected chi connectivity index (χ2v) is 9.81. The zero-order valence-electron chi connectivity index (χ0n) is 21.3. The topological polar surface area (TPSA) is 58.6 Å². The Labute approximate surface area is 214 Å². The van der Waals surface area contributed by atoms with E-state index in [0.717, 1.165) is 47.9 Å². The van der Waals surface area contributed by atoms with E-state index >= 15 is 0 Å². The summed E-state index contributed by atoms with van der Waals surface area (Å²) in [5.41, 5.74) is 4.25. The molecule has 0 spiro atoms. The van der Waals surface area contributed by atoms with Gasteiger partial charge in [-0.15, -0.1) is 0 Å². The molecule has 0 bridgehead atoms. The summed E-state index contributed by atoms with van der Waals surface area (Å²) >= 11 is 0. The molecule has 0 saturated heterocycles. The molecular weight excluding hydrogens is 448 g/mol. The van der Waals surface area contributed by atoms with E-state index in [-0.39, 0.29) is 24.5 Å². The Hall–Kier alpha value is -3.60. The predicted molar refractivity (Wildman–Crippen MR) is 143 cm³/mol. The lowest BCUT2D eigenvalue weighted by Gasteiger charge is -2.32. The highest BCUT2D eigenvalue weighted by molar-refractivity contribution is 5.88. The first kappa shape index (κ1) is 25.5. The number of hydrogen-bond donors (Lipinski definition) is 1. The number of carbonyl (C=O) groups excluding carboxylic acids is 2. The van der Waals surface area contributed by atoms with Crippen LogP contribution < -0.4 is 10.1 Å². The van der Waals surface area contributed by atoms with Crippen LogP contribution in [0.4, 0.5) is 0 Å². The smallest absolute Gasteiger partial charge is 0.261 e. The quantitative estimate of drug-likeness (QED) is 0.420. The highest BCUT2D eigenvalue weighted by atomic mass is 16.5. The Morgan fingerprint density at radius 1 is 0.889 bits per heavy atom. The van der Waals surface area contributed by atoms with Gasteiger partial charge in [-0.2, -0.15) is 0 Å². The third kappa shape index (κ3) is 7.20. The van der Waals surface area contributed by atoms with Gasteiger partial charge in [0.1, 0.15) is 11.8 Å². The van der Waals surface area contributed by atoms with Gasteiger partial charge in [0.05, 0.1) is 0 Å². The highest BCUT2D eigenvalue weighted by Gasteiger charge is 2.32. The molecule has 1 saturated carbocycles. The molecule has 0 aliphatic heterocycles. The van der Waals surface area contributed by atoms with Crippen molar-refractivity contribution in [3.05, 3.63) is 101 Å². The molecule has 0 radical (unpaired) electrons. The first-order valence-electron chi connectivity index (χ1n) is 12.9.